The van der Waals surface area contributed by atoms with Crippen molar-refractivity contribution in [1.29, 1.82) is 0 Å². The van der Waals surface area contributed by atoms with Crippen LogP contribution in [0.2, 0.25) is 0 Å². The van der Waals surface area contributed by atoms with Gasteiger partial charge < -0.3 is 10.2 Å². The molecule has 0 aliphatic carbocycles. The van der Waals surface area contributed by atoms with Crippen molar-refractivity contribution < 1.29 is 9.59 Å². The van der Waals surface area contributed by atoms with E-state index >= 15 is 0 Å². The van der Waals surface area contributed by atoms with Crippen LogP contribution >= 0.6 is 0 Å². The molecule has 0 aromatic carbocycles. The molecule has 68 valence electrons. The number of carbonyl (C=O) groups excluding carboxylic acids is 2. The zero-order chi connectivity index (χ0) is 9.14. The molecule has 2 amide bonds. The Morgan fingerprint density at radius 1 is 1.50 bits per heavy atom. The monoisotopic (exact) mass is 170 g/mol. The van der Waals surface area contributed by atoms with Crippen molar-refractivity contribution in [2.24, 2.45) is 5.92 Å². The first-order valence-electron chi connectivity index (χ1n) is 4.14. The Morgan fingerprint density at radius 2 is 2.17 bits per heavy atom. The van der Waals surface area contributed by atoms with E-state index in [0.29, 0.717) is 12.5 Å². The van der Waals surface area contributed by atoms with Crippen molar-refractivity contribution in [2.75, 3.05) is 19.6 Å². The Hall–Kier alpha value is -1.06. The second-order valence-corrected chi connectivity index (χ2v) is 3.44. The van der Waals surface area contributed by atoms with Crippen LogP contribution in [0.4, 0.5) is 0 Å². The summed E-state index contributed by atoms with van der Waals surface area (Å²) in [5, 5.41) is 2.50. The average Bonchev–Trinajstić information content (AvgIpc) is 1.96. The van der Waals surface area contributed by atoms with E-state index in [0.717, 1.165) is 0 Å². The van der Waals surface area contributed by atoms with E-state index in [9.17, 15) is 9.59 Å². The molecule has 1 fully saturated rings. The molecule has 0 aromatic rings. The zero-order valence-corrected chi connectivity index (χ0v) is 7.46. The lowest BCUT2D eigenvalue weighted by Gasteiger charge is -2.27. The van der Waals surface area contributed by atoms with Crippen LogP contribution in [-0.2, 0) is 9.59 Å². The first kappa shape index (κ1) is 9.03. The summed E-state index contributed by atoms with van der Waals surface area (Å²) in [6, 6.07) is 0. The molecule has 0 radical (unpaired) electrons. The van der Waals surface area contributed by atoms with Crippen LogP contribution < -0.4 is 5.32 Å². The van der Waals surface area contributed by atoms with Crippen LogP contribution in [-0.4, -0.2) is 36.3 Å². The third-order valence-corrected chi connectivity index (χ3v) is 1.71. The molecule has 0 unspecified atom stereocenters. The van der Waals surface area contributed by atoms with Crippen LogP contribution in [0.15, 0.2) is 0 Å². The molecule has 0 saturated carbocycles. The summed E-state index contributed by atoms with van der Waals surface area (Å²) in [5.74, 6) is 0.374. The Morgan fingerprint density at radius 3 is 2.75 bits per heavy atom. The van der Waals surface area contributed by atoms with Gasteiger partial charge in [0, 0.05) is 6.54 Å². The lowest BCUT2D eigenvalue weighted by Crippen LogP contribution is -2.52. The molecule has 12 heavy (non-hydrogen) atoms. The highest BCUT2D eigenvalue weighted by atomic mass is 16.2. The predicted octanol–water partition coefficient (Wildman–Crippen LogP) is -0.399. The van der Waals surface area contributed by atoms with E-state index in [2.05, 4.69) is 5.32 Å². The normalized spacial score (nSPS) is 18.4. The maximum atomic E-state index is 11.2. The molecule has 0 aromatic heterocycles. The maximum Gasteiger partial charge on any atom is 0.242 e. The first-order chi connectivity index (χ1) is 5.59. The lowest BCUT2D eigenvalue weighted by molar-refractivity contribution is -0.140. The third kappa shape index (κ3) is 2.22. The maximum absolute atomic E-state index is 11.2. The second kappa shape index (κ2) is 3.56. The number of hydrogen-bond acceptors (Lipinski definition) is 2. The number of piperazine rings is 1. The quantitative estimate of drug-likeness (QED) is 0.613. The van der Waals surface area contributed by atoms with Crippen molar-refractivity contribution >= 4 is 11.8 Å². The van der Waals surface area contributed by atoms with Gasteiger partial charge in [0.2, 0.25) is 11.8 Å². The Bertz CT molecular complexity index is 201. The summed E-state index contributed by atoms with van der Waals surface area (Å²) in [6.45, 7) is 5.11. The van der Waals surface area contributed by atoms with Crippen LogP contribution in [0.25, 0.3) is 0 Å². The van der Waals surface area contributed by atoms with Gasteiger partial charge in [-0.15, -0.1) is 0 Å². The fourth-order valence-corrected chi connectivity index (χ4v) is 1.21. The number of hydrogen-bond donors (Lipinski definition) is 1. The smallest absolute Gasteiger partial charge is 0.242 e. The Labute approximate surface area is 71.9 Å². The highest BCUT2D eigenvalue weighted by molar-refractivity contribution is 5.92. The highest BCUT2D eigenvalue weighted by Crippen LogP contribution is 2.01. The molecule has 1 N–H and O–H groups in total. The van der Waals surface area contributed by atoms with Crippen molar-refractivity contribution in [3.8, 4) is 0 Å². The van der Waals surface area contributed by atoms with Crippen LogP contribution in [0.3, 0.4) is 0 Å². The molecule has 1 rings (SSSR count). The van der Waals surface area contributed by atoms with Crippen molar-refractivity contribution in [3.05, 3.63) is 0 Å². The molecule has 1 heterocycles. The number of amides is 2. The van der Waals surface area contributed by atoms with Crippen molar-refractivity contribution in [3.63, 3.8) is 0 Å². The van der Waals surface area contributed by atoms with E-state index in [-0.39, 0.29) is 24.9 Å². The van der Waals surface area contributed by atoms with Gasteiger partial charge in [0.1, 0.15) is 0 Å². The molecule has 1 aliphatic rings. The molecule has 0 spiro atoms. The summed E-state index contributed by atoms with van der Waals surface area (Å²) in [6.07, 6.45) is 0. The number of nitrogens with one attached hydrogen (secondary N) is 1. The molecule has 0 bridgehead atoms. The van der Waals surface area contributed by atoms with Crippen molar-refractivity contribution in [1.82, 2.24) is 10.2 Å². The zero-order valence-electron chi connectivity index (χ0n) is 7.46. The average molecular weight is 170 g/mol. The summed E-state index contributed by atoms with van der Waals surface area (Å²) in [5.41, 5.74) is 0. The number of nitrogens with zero attached hydrogens (tertiary/aromatic N) is 1. The van der Waals surface area contributed by atoms with E-state index in [1.165, 1.54) is 0 Å². The van der Waals surface area contributed by atoms with Crippen LogP contribution in [0, 0.1) is 5.92 Å². The van der Waals surface area contributed by atoms with Gasteiger partial charge in [-0.05, 0) is 5.92 Å². The molecule has 0 atom stereocenters. The van der Waals surface area contributed by atoms with Gasteiger partial charge in [-0.1, -0.05) is 13.8 Å². The topological polar surface area (TPSA) is 49.4 Å². The van der Waals surface area contributed by atoms with Gasteiger partial charge in [0.15, 0.2) is 0 Å². The largest absolute Gasteiger partial charge is 0.345 e. The van der Waals surface area contributed by atoms with Gasteiger partial charge >= 0.3 is 0 Å². The number of carbonyl (C=O) groups is 2. The minimum Gasteiger partial charge on any atom is -0.345 e. The Balaban J connectivity index is 2.49. The van der Waals surface area contributed by atoms with Gasteiger partial charge in [0.05, 0.1) is 13.1 Å². The SMILES string of the molecule is CC(C)CN1CC(=O)NCC1=O. The first-order valence-corrected chi connectivity index (χ1v) is 4.14. The Kier molecular flexibility index (Phi) is 2.68. The predicted molar refractivity (Wildman–Crippen MR) is 44.4 cm³/mol. The summed E-state index contributed by atoms with van der Waals surface area (Å²) >= 11 is 0. The molecule has 1 saturated heterocycles. The van der Waals surface area contributed by atoms with Crippen LogP contribution in [0.5, 0.6) is 0 Å². The number of rotatable bonds is 2. The minimum absolute atomic E-state index is 0.0169. The van der Waals surface area contributed by atoms with Crippen molar-refractivity contribution in [2.45, 2.75) is 13.8 Å². The van der Waals surface area contributed by atoms with Gasteiger partial charge in [-0.25, -0.2) is 0 Å². The van der Waals surface area contributed by atoms with E-state index in [4.69, 9.17) is 0 Å². The lowest BCUT2D eigenvalue weighted by atomic mass is 10.2. The van der Waals surface area contributed by atoms with Gasteiger partial charge in [-0.2, -0.15) is 0 Å². The standard InChI is InChI=1S/C8H14N2O2/c1-6(2)4-10-5-7(11)9-3-8(10)12/h6H,3-5H2,1-2H3,(H,9,11). The fourth-order valence-electron chi connectivity index (χ4n) is 1.21. The molecule has 1 aliphatic heterocycles. The van der Waals surface area contributed by atoms with Crippen LogP contribution in [0.1, 0.15) is 13.8 Å². The second-order valence-electron chi connectivity index (χ2n) is 3.44. The van der Waals surface area contributed by atoms with Gasteiger partial charge in [-0.3, -0.25) is 9.59 Å². The minimum atomic E-state index is -0.0600. The van der Waals surface area contributed by atoms with E-state index in [1.807, 2.05) is 13.8 Å². The summed E-state index contributed by atoms with van der Waals surface area (Å²) in [7, 11) is 0. The molecular weight excluding hydrogens is 156 g/mol. The summed E-state index contributed by atoms with van der Waals surface area (Å²) in [4.78, 5) is 23.7. The molecule has 4 heteroatoms. The van der Waals surface area contributed by atoms with E-state index in [1.54, 1.807) is 4.90 Å². The van der Waals surface area contributed by atoms with Gasteiger partial charge in [0.25, 0.3) is 0 Å². The molecular formula is C8H14N2O2. The highest BCUT2D eigenvalue weighted by Gasteiger charge is 2.22. The molecule has 4 nitrogen and oxygen atoms in total. The summed E-state index contributed by atoms with van der Waals surface area (Å²) < 4.78 is 0. The van der Waals surface area contributed by atoms with E-state index < -0.39 is 0 Å². The fraction of sp³-hybridized carbons (Fsp3) is 0.750. The third-order valence-electron chi connectivity index (χ3n) is 1.71.